The molecule has 0 saturated heterocycles. The zero-order valence-corrected chi connectivity index (χ0v) is 10.0. The lowest BCUT2D eigenvalue weighted by atomic mass is 9.95. The van der Waals surface area contributed by atoms with Crippen molar-refractivity contribution < 1.29 is 0 Å². The van der Waals surface area contributed by atoms with E-state index in [4.69, 9.17) is 0 Å². The molecule has 2 rings (SSSR count). The summed E-state index contributed by atoms with van der Waals surface area (Å²) in [4.78, 5) is 0. The summed E-state index contributed by atoms with van der Waals surface area (Å²) < 4.78 is 0. The summed E-state index contributed by atoms with van der Waals surface area (Å²) in [5, 5.41) is 3.60. The highest BCUT2D eigenvalue weighted by Gasteiger charge is 2.20. The quantitative estimate of drug-likeness (QED) is 0.791. The van der Waals surface area contributed by atoms with Crippen molar-refractivity contribution in [3.8, 4) is 0 Å². The Morgan fingerprint density at radius 1 is 1.33 bits per heavy atom. The van der Waals surface area contributed by atoms with Gasteiger partial charge in [0.25, 0.3) is 0 Å². The molecule has 0 unspecified atom stereocenters. The third-order valence-electron chi connectivity index (χ3n) is 3.08. The molecule has 1 nitrogen and oxygen atoms in total. The van der Waals surface area contributed by atoms with Crippen molar-refractivity contribution in [1.82, 2.24) is 5.32 Å². The third kappa shape index (κ3) is 2.82. The van der Waals surface area contributed by atoms with Crippen LogP contribution >= 0.6 is 0 Å². The summed E-state index contributed by atoms with van der Waals surface area (Å²) in [6.45, 7) is 7.75. The summed E-state index contributed by atoms with van der Waals surface area (Å²) in [5.41, 5.74) is 4.35. The van der Waals surface area contributed by atoms with Crippen LogP contribution in [-0.2, 0) is 6.54 Å². The topological polar surface area (TPSA) is 12.0 Å². The van der Waals surface area contributed by atoms with E-state index in [9.17, 15) is 0 Å². The molecule has 0 aromatic heterocycles. The predicted octanol–water partition coefficient (Wildman–Crippen LogP) is 3.37. The summed E-state index contributed by atoms with van der Waals surface area (Å²) in [7, 11) is 0. The van der Waals surface area contributed by atoms with Crippen LogP contribution in [0.25, 0.3) is 0 Å². The molecule has 1 aliphatic rings. The maximum atomic E-state index is 3.60. The number of rotatable bonds is 4. The predicted molar refractivity (Wildman–Crippen MR) is 65.1 cm³/mol. The van der Waals surface area contributed by atoms with E-state index in [1.165, 1.54) is 29.5 Å². The average Bonchev–Trinajstić information content (AvgIpc) is 2.97. The number of aryl methyl sites for hydroxylation is 1. The lowest BCUT2D eigenvalue weighted by Gasteiger charge is -2.14. The average molecular weight is 203 g/mol. The Morgan fingerprint density at radius 2 is 2.07 bits per heavy atom. The third-order valence-corrected chi connectivity index (χ3v) is 3.08. The fraction of sp³-hybridized carbons (Fsp3) is 0.571. The van der Waals surface area contributed by atoms with Gasteiger partial charge in [0, 0.05) is 12.6 Å². The van der Waals surface area contributed by atoms with Crippen molar-refractivity contribution in [1.29, 1.82) is 0 Å². The molecule has 0 spiro atoms. The molecule has 0 amide bonds. The normalized spacial score (nSPS) is 16.0. The van der Waals surface area contributed by atoms with Crippen LogP contribution in [0.5, 0.6) is 0 Å². The Hall–Kier alpha value is -0.820. The van der Waals surface area contributed by atoms with Gasteiger partial charge in [0.1, 0.15) is 0 Å². The molecular weight excluding hydrogens is 182 g/mol. The Morgan fingerprint density at radius 3 is 2.67 bits per heavy atom. The first-order valence-corrected chi connectivity index (χ1v) is 5.99. The fourth-order valence-corrected chi connectivity index (χ4v) is 1.99. The van der Waals surface area contributed by atoms with Crippen LogP contribution in [-0.4, -0.2) is 6.04 Å². The highest BCUT2D eigenvalue weighted by Crippen LogP contribution is 2.23. The van der Waals surface area contributed by atoms with E-state index >= 15 is 0 Å². The van der Waals surface area contributed by atoms with Gasteiger partial charge in [-0.3, -0.25) is 0 Å². The van der Waals surface area contributed by atoms with E-state index in [0.29, 0.717) is 5.92 Å². The van der Waals surface area contributed by atoms with Crippen LogP contribution in [0, 0.1) is 6.92 Å². The van der Waals surface area contributed by atoms with Crippen LogP contribution in [0.15, 0.2) is 18.2 Å². The molecular formula is C14H21N. The van der Waals surface area contributed by atoms with Gasteiger partial charge >= 0.3 is 0 Å². The molecule has 1 aromatic rings. The Balaban J connectivity index is 2.13. The first kappa shape index (κ1) is 10.7. The van der Waals surface area contributed by atoms with Crippen LogP contribution in [0.2, 0.25) is 0 Å². The van der Waals surface area contributed by atoms with E-state index in [1.807, 2.05) is 0 Å². The van der Waals surface area contributed by atoms with Crippen molar-refractivity contribution in [2.45, 2.75) is 52.1 Å². The van der Waals surface area contributed by atoms with Crippen LogP contribution in [0.3, 0.4) is 0 Å². The van der Waals surface area contributed by atoms with Gasteiger partial charge in [-0.1, -0.05) is 37.6 Å². The number of hydrogen-bond acceptors (Lipinski definition) is 1. The van der Waals surface area contributed by atoms with Gasteiger partial charge in [0.15, 0.2) is 0 Å². The lowest BCUT2D eigenvalue weighted by Crippen LogP contribution is -2.16. The second-order valence-electron chi connectivity index (χ2n) is 5.01. The maximum Gasteiger partial charge on any atom is 0.0211 e. The molecule has 1 N–H and O–H groups in total. The van der Waals surface area contributed by atoms with E-state index in [0.717, 1.165) is 12.6 Å². The minimum absolute atomic E-state index is 0.626. The standard InChI is InChI=1S/C14H21N/c1-10(2)14-7-4-11(3)8-12(14)9-15-13-5-6-13/h4,7-8,10,13,15H,5-6,9H2,1-3H3. The number of benzene rings is 1. The zero-order chi connectivity index (χ0) is 10.8. The van der Waals surface area contributed by atoms with Crippen LogP contribution in [0.1, 0.15) is 49.3 Å². The first-order chi connectivity index (χ1) is 7.16. The fourth-order valence-electron chi connectivity index (χ4n) is 1.99. The van der Waals surface area contributed by atoms with Gasteiger partial charge in [-0.05, 0) is 36.8 Å². The highest BCUT2D eigenvalue weighted by atomic mass is 14.9. The molecule has 0 bridgehead atoms. The van der Waals surface area contributed by atoms with Crippen LogP contribution in [0.4, 0.5) is 0 Å². The van der Waals surface area contributed by atoms with Crippen molar-refractivity contribution in [3.63, 3.8) is 0 Å². The SMILES string of the molecule is Cc1ccc(C(C)C)c(CNC2CC2)c1. The summed E-state index contributed by atoms with van der Waals surface area (Å²) in [5.74, 6) is 0.626. The molecule has 1 fully saturated rings. The smallest absolute Gasteiger partial charge is 0.0211 e. The largest absolute Gasteiger partial charge is 0.310 e. The summed E-state index contributed by atoms with van der Waals surface area (Å²) in [6, 6.07) is 7.62. The zero-order valence-electron chi connectivity index (χ0n) is 10.0. The molecule has 82 valence electrons. The van der Waals surface area contributed by atoms with Gasteiger partial charge in [-0.15, -0.1) is 0 Å². The minimum Gasteiger partial charge on any atom is -0.310 e. The summed E-state index contributed by atoms with van der Waals surface area (Å²) >= 11 is 0. The molecule has 0 aliphatic heterocycles. The minimum atomic E-state index is 0.626. The second-order valence-corrected chi connectivity index (χ2v) is 5.01. The first-order valence-electron chi connectivity index (χ1n) is 5.99. The van der Waals surface area contributed by atoms with E-state index in [1.54, 1.807) is 0 Å². The molecule has 0 atom stereocenters. The molecule has 0 heterocycles. The molecule has 1 aliphatic carbocycles. The van der Waals surface area contributed by atoms with Crippen molar-refractivity contribution in [2.24, 2.45) is 0 Å². The Labute approximate surface area is 92.9 Å². The Kier molecular flexibility index (Phi) is 3.11. The summed E-state index contributed by atoms with van der Waals surface area (Å²) in [6.07, 6.45) is 2.73. The molecule has 1 saturated carbocycles. The molecule has 1 heteroatoms. The Bertz CT molecular complexity index is 337. The van der Waals surface area contributed by atoms with Gasteiger partial charge < -0.3 is 5.32 Å². The number of hydrogen-bond donors (Lipinski definition) is 1. The van der Waals surface area contributed by atoms with E-state index in [2.05, 4.69) is 44.3 Å². The monoisotopic (exact) mass is 203 g/mol. The second kappa shape index (κ2) is 4.36. The van der Waals surface area contributed by atoms with Gasteiger partial charge in [0.2, 0.25) is 0 Å². The molecule has 1 aromatic carbocycles. The van der Waals surface area contributed by atoms with Crippen molar-refractivity contribution in [3.05, 3.63) is 34.9 Å². The van der Waals surface area contributed by atoms with Crippen LogP contribution < -0.4 is 5.32 Å². The van der Waals surface area contributed by atoms with Gasteiger partial charge in [-0.2, -0.15) is 0 Å². The molecule has 0 radical (unpaired) electrons. The lowest BCUT2D eigenvalue weighted by molar-refractivity contribution is 0.676. The van der Waals surface area contributed by atoms with Crippen molar-refractivity contribution in [2.75, 3.05) is 0 Å². The van der Waals surface area contributed by atoms with Gasteiger partial charge in [0.05, 0.1) is 0 Å². The van der Waals surface area contributed by atoms with E-state index in [-0.39, 0.29) is 0 Å². The highest BCUT2D eigenvalue weighted by molar-refractivity contribution is 5.33. The number of nitrogens with one attached hydrogen (secondary N) is 1. The maximum absolute atomic E-state index is 3.60. The molecule has 15 heavy (non-hydrogen) atoms. The van der Waals surface area contributed by atoms with E-state index < -0.39 is 0 Å². The van der Waals surface area contributed by atoms with Crippen molar-refractivity contribution >= 4 is 0 Å². The van der Waals surface area contributed by atoms with Gasteiger partial charge in [-0.25, -0.2) is 0 Å².